The summed E-state index contributed by atoms with van der Waals surface area (Å²) in [5.74, 6) is 0. The second kappa shape index (κ2) is 20.2. The third-order valence-corrected chi connectivity index (χ3v) is 19.3. The molecule has 0 atom stereocenters. The second-order valence-corrected chi connectivity index (χ2v) is 30.5. The molecule has 0 radical (unpaired) electrons. The van der Waals surface area contributed by atoms with Gasteiger partial charge in [0.05, 0.1) is 17.1 Å². The summed E-state index contributed by atoms with van der Waals surface area (Å²) in [4.78, 5) is 7.94. The van der Waals surface area contributed by atoms with Gasteiger partial charge in [0.2, 0.25) is 0 Å². The lowest BCUT2D eigenvalue weighted by Gasteiger charge is -2.48. The van der Waals surface area contributed by atoms with Crippen LogP contribution in [0.25, 0.3) is 23.3 Å². The summed E-state index contributed by atoms with van der Waals surface area (Å²) in [7, 11) is 0. The summed E-state index contributed by atoms with van der Waals surface area (Å²) < 4.78 is 0. The van der Waals surface area contributed by atoms with Crippen LogP contribution in [0, 0.1) is 27.7 Å². The van der Waals surface area contributed by atoms with Crippen LogP contribution in [-0.4, -0.2) is 6.71 Å². The summed E-state index contributed by atoms with van der Waals surface area (Å²) in [5, 5.41) is 0. The average molecular weight is 1110 g/mol. The van der Waals surface area contributed by atoms with Gasteiger partial charge in [-0.15, -0.1) is 0 Å². The first-order chi connectivity index (χ1) is 39.2. The zero-order valence-corrected chi connectivity index (χ0v) is 54.6. The monoisotopic (exact) mass is 1110 g/mol. The van der Waals surface area contributed by atoms with E-state index in [0.29, 0.717) is 0 Å². The number of anilines is 9. The van der Waals surface area contributed by atoms with E-state index in [2.05, 4.69) is 300 Å². The molecule has 0 spiro atoms. The molecule has 4 heteroatoms. The first kappa shape index (κ1) is 58.5. The van der Waals surface area contributed by atoms with Crippen LogP contribution in [0.3, 0.4) is 0 Å². The molecule has 0 saturated carbocycles. The molecule has 3 nitrogen and oxygen atoms in total. The van der Waals surface area contributed by atoms with Crippen molar-refractivity contribution in [2.45, 2.75) is 184 Å². The summed E-state index contributed by atoms with van der Waals surface area (Å²) in [5.41, 5.74) is 32.3. The fraction of sp³-hybridized carbons (Fsp3) is 0.350. The summed E-state index contributed by atoms with van der Waals surface area (Å²) in [6.45, 7) is 56.2. The molecule has 8 aromatic carbocycles. The highest BCUT2D eigenvalue weighted by Crippen LogP contribution is 2.54. The zero-order chi connectivity index (χ0) is 60.7. The maximum absolute atomic E-state index is 4.46. The predicted octanol–water partition coefficient (Wildman–Crippen LogP) is 21.0. The van der Waals surface area contributed by atoms with Crippen molar-refractivity contribution in [1.29, 1.82) is 0 Å². The van der Waals surface area contributed by atoms with Crippen molar-refractivity contribution in [3.8, 4) is 11.1 Å². The SMILES string of the molecule is C=Cc1ccc(N(c2ccc(C(C)(C)C)cc2)c2ccc3c(c2)N(c2c(C)cc(C(C)(C)C)cc2C)c2cc(C(C)(C)C)cc4c2B3c2cc3c(cc2N4c2c(C)cc(C(C)(C)C)cc2C)C(C)(C)CCC3(C)C)c(-c2ccccc2)c1C=C. The standard InChI is InChI=1S/C80H92BN3/c1-23-53-30-37-66(71(61(53)24-2)54-28-26-25-27-29-54)82(59-33-31-55(32-34-59)75(7,8)9)60-35-36-64-67(46-60)83(73-49(3)40-56(41-50(73)4)76(10,11)12)69-44-58(78(16,17)18)45-70-72(69)81(64)65-47-62-63(80(21,22)39-38-79(62,19)20)48-68(65)84(70)74-51(5)42-57(43-52(74)6)77(13,14)15/h23-37,40-48H,1-2,38-39H2,3-22H3. The predicted molar refractivity (Wildman–Crippen MR) is 370 cm³/mol. The number of hydrogen-bond acceptors (Lipinski definition) is 3. The van der Waals surface area contributed by atoms with Gasteiger partial charge >= 0.3 is 0 Å². The molecule has 3 aliphatic rings. The lowest BCUT2D eigenvalue weighted by Crippen LogP contribution is -2.62. The van der Waals surface area contributed by atoms with Gasteiger partial charge in [-0.05, 0) is 210 Å². The van der Waals surface area contributed by atoms with Gasteiger partial charge < -0.3 is 14.7 Å². The van der Waals surface area contributed by atoms with Crippen molar-refractivity contribution in [2.75, 3.05) is 14.7 Å². The van der Waals surface area contributed by atoms with E-state index in [4.69, 9.17) is 0 Å². The Morgan fingerprint density at radius 2 is 0.905 bits per heavy atom. The Morgan fingerprint density at radius 1 is 0.452 bits per heavy atom. The molecule has 0 saturated heterocycles. The van der Waals surface area contributed by atoms with Gasteiger partial charge in [0.1, 0.15) is 0 Å². The van der Waals surface area contributed by atoms with Gasteiger partial charge in [-0.1, -0.05) is 221 Å². The van der Waals surface area contributed by atoms with E-state index in [0.717, 1.165) is 52.2 Å². The minimum absolute atomic E-state index is 0.00215. The van der Waals surface area contributed by atoms with Crippen molar-refractivity contribution < 1.29 is 0 Å². The van der Waals surface area contributed by atoms with E-state index in [-0.39, 0.29) is 39.2 Å². The van der Waals surface area contributed by atoms with Crippen LogP contribution in [0.15, 0.2) is 147 Å². The number of rotatable bonds is 8. The average Bonchev–Trinajstić information content (AvgIpc) is 0.779. The van der Waals surface area contributed by atoms with Crippen LogP contribution in [0.2, 0.25) is 0 Å². The maximum atomic E-state index is 4.46. The third kappa shape index (κ3) is 9.78. The van der Waals surface area contributed by atoms with E-state index < -0.39 is 0 Å². The van der Waals surface area contributed by atoms with E-state index in [1.807, 2.05) is 12.2 Å². The number of fused-ring (bicyclic) bond motifs is 5. The Morgan fingerprint density at radius 3 is 1.37 bits per heavy atom. The Labute approximate surface area is 506 Å². The Bertz CT molecular complexity index is 3920. The summed E-state index contributed by atoms with van der Waals surface area (Å²) >= 11 is 0. The normalized spacial score (nSPS) is 15.3. The van der Waals surface area contributed by atoms with E-state index in [1.54, 1.807) is 0 Å². The number of benzene rings is 8. The smallest absolute Gasteiger partial charge is 0.252 e. The van der Waals surface area contributed by atoms with Gasteiger partial charge in [-0.3, -0.25) is 0 Å². The molecule has 0 aromatic heterocycles. The fourth-order valence-corrected chi connectivity index (χ4v) is 14.2. The van der Waals surface area contributed by atoms with E-state index >= 15 is 0 Å². The summed E-state index contributed by atoms with van der Waals surface area (Å²) in [6.07, 6.45) is 6.26. The lowest BCUT2D eigenvalue weighted by atomic mass is 9.33. The minimum Gasteiger partial charge on any atom is -0.311 e. The van der Waals surface area contributed by atoms with Crippen LogP contribution >= 0.6 is 0 Å². The van der Waals surface area contributed by atoms with Crippen LogP contribution in [0.4, 0.5) is 51.2 Å². The molecule has 84 heavy (non-hydrogen) atoms. The molecule has 0 bridgehead atoms. The van der Waals surface area contributed by atoms with Crippen molar-refractivity contribution >= 4 is 86.4 Å². The Kier molecular flexibility index (Phi) is 14.0. The Balaban J connectivity index is 1.31. The van der Waals surface area contributed by atoms with Crippen LogP contribution in [0.1, 0.15) is 190 Å². The topological polar surface area (TPSA) is 9.72 Å². The molecule has 0 amide bonds. The molecular formula is C80H92BN3. The highest BCUT2D eigenvalue weighted by Gasteiger charge is 2.48. The van der Waals surface area contributed by atoms with E-state index in [9.17, 15) is 0 Å². The molecule has 2 heterocycles. The highest BCUT2D eigenvalue weighted by molar-refractivity contribution is 7.00. The first-order valence-corrected chi connectivity index (χ1v) is 31.0. The highest BCUT2D eigenvalue weighted by atomic mass is 15.2. The van der Waals surface area contributed by atoms with Gasteiger partial charge in [0, 0.05) is 39.7 Å². The third-order valence-electron chi connectivity index (χ3n) is 19.3. The van der Waals surface area contributed by atoms with Crippen molar-refractivity contribution in [2.24, 2.45) is 0 Å². The van der Waals surface area contributed by atoms with Gasteiger partial charge in [0.15, 0.2) is 0 Å². The molecule has 1 aliphatic carbocycles. The Hall–Kier alpha value is -7.30. The molecule has 0 N–H and O–H groups in total. The molecule has 0 unspecified atom stereocenters. The molecule has 430 valence electrons. The lowest BCUT2D eigenvalue weighted by molar-refractivity contribution is 0.332. The molecule has 0 fully saturated rings. The quantitative estimate of drug-likeness (QED) is 0.140. The molecule has 8 aromatic rings. The fourth-order valence-electron chi connectivity index (χ4n) is 14.2. The van der Waals surface area contributed by atoms with Crippen molar-refractivity contribution in [3.05, 3.63) is 213 Å². The molecule has 11 rings (SSSR count). The second-order valence-electron chi connectivity index (χ2n) is 30.5. The molecular weight excluding hydrogens is 1010 g/mol. The van der Waals surface area contributed by atoms with Gasteiger partial charge in [-0.25, -0.2) is 0 Å². The van der Waals surface area contributed by atoms with Crippen LogP contribution < -0.4 is 31.1 Å². The van der Waals surface area contributed by atoms with E-state index in [1.165, 1.54) is 106 Å². The van der Waals surface area contributed by atoms with Gasteiger partial charge in [-0.2, -0.15) is 0 Å². The van der Waals surface area contributed by atoms with Crippen LogP contribution in [-0.2, 0) is 32.5 Å². The molecule has 2 aliphatic heterocycles. The number of hydrogen-bond donors (Lipinski definition) is 0. The number of aryl methyl sites for hydroxylation is 4. The maximum Gasteiger partial charge on any atom is 0.252 e. The van der Waals surface area contributed by atoms with Gasteiger partial charge in [0.25, 0.3) is 6.71 Å². The van der Waals surface area contributed by atoms with Crippen LogP contribution in [0.5, 0.6) is 0 Å². The first-order valence-electron chi connectivity index (χ1n) is 31.0. The minimum atomic E-state index is -0.187. The van der Waals surface area contributed by atoms with Crippen molar-refractivity contribution in [3.63, 3.8) is 0 Å². The zero-order valence-electron chi connectivity index (χ0n) is 54.6. The summed E-state index contributed by atoms with van der Waals surface area (Å²) in [6, 6.07) is 52.5. The largest absolute Gasteiger partial charge is 0.311 e. The van der Waals surface area contributed by atoms with Crippen molar-refractivity contribution in [1.82, 2.24) is 0 Å². The number of nitrogens with zero attached hydrogens (tertiary/aromatic N) is 3.